The van der Waals surface area contributed by atoms with Crippen LogP contribution in [0, 0.1) is 0 Å². The molecule has 7 nitrogen and oxygen atoms in total. The van der Waals surface area contributed by atoms with E-state index in [2.05, 4.69) is 12.6 Å². The number of aromatic hydroxyl groups is 1. The summed E-state index contributed by atoms with van der Waals surface area (Å²) in [6, 6.07) is 10.6. The van der Waals surface area contributed by atoms with E-state index in [1.165, 1.54) is 18.2 Å². The summed E-state index contributed by atoms with van der Waals surface area (Å²) in [6.07, 6.45) is 0. The van der Waals surface area contributed by atoms with Crippen LogP contribution in [0.25, 0.3) is 33.4 Å². The standard InChI is InChI=1S/C24H20O7S/c1-3-29-21-8-15-19(10-17(21)25)31-20-11-18(26)22(30-4-2)9-16(20)23(15)13-6-5-12(32)7-14(13)24(27)28/h5-11,25,32H,3-4H2,1-2H3,(H,27,28). The number of carboxylic acids is 1. The Morgan fingerprint density at radius 3 is 2.41 bits per heavy atom. The molecule has 0 aromatic heterocycles. The predicted octanol–water partition coefficient (Wildman–Crippen LogP) is 5.05. The molecule has 0 amide bonds. The number of thiol groups is 1. The molecule has 0 saturated heterocycles. The van der Waals surface area contributed by atoms with Crippen LogP contribution in [0.3, 0.4) is 0 Å². The minimum atomic E-state index is -1.13. The maximum atomic E-state index is 12.5. The first kappa shape index (κ1) is 21.6. The number of rotatable bonds is 6. The zero-order valence-corrected chi connectivity index (χ0v) is 18.2. The molecule has 0 saturated carbocycles. The van der Waals surface area contributed by atoms with Gasteiger partial charge in [0.15, 0.2) is 17.2 Å². The molecule has 164 valence electrons. The molecule has 2 aliphatic rings. The summed E-state index contributed by atoms with van der Waals surface area (Å²) >= 11 is 4.27. The highest BCUT2D eigenvalue weighted by molar-refractivity contribution is 7.80. The van der Waals surface area contributed by atoms with Crippen LogP contribution in [0.1, 0.15) is 24.2 Å². The van der Waals surface area contributed by atoms with E-state index in [4.69, 9.17) is 13.9 Å². The maximum absolute atomic E-state index is 12.5. The van der Waals surface area contributed by atoms with Crippen LogP contribution >= 0.6 is 12.6 Å². The Kier molecular flexibility index (Phi) is 5.71. The van der Waals surface area contributed by atoms with E-state index in [-0.39, 0.29) is 46.2 Å². The van der Waals surface area contributed by atoms with Crippen molar-refractivity contribution in [2.45, 2.75) is 18.7 Å². The number of aromatic carboxylic acids is 1. The number of carboxylic acid groups (broad SMARTS) is 1. The second-order valence-corrected chi connectivity index (χ2v) is 7.51. The summed E-state index contributed by atoms with van der Waals surface area (Å²) in [7, 11) is 0. The Hall–Kier alpha value is -3.65. The van der Waals surface area contributed by atoms with Gasteiger partial charge in [0.1, 0.15) is 11.3 Å². The van der Waals surface area contributed by atoms with E-state index in [0.29, 0.717) is 33.6 Å². The van der Waals surface area contributed by atoms with Crippen molar-refractivity contribution < 1.29 is 28.9 Å². The van der Waals surface area contributed by atoms with Crippen molar-refractivity contribution in [2.24, 2.45) is 0 Å². The van der Waals surface area contributed by atoms with Gasteiger partial charge in [-0.05, 0) is 43.7 Å². The fourth-order valence-corrected chi connectivity index (χ4v) is 3.87. The van der Waals surface area contributed by atoms with Crippen LogP contribution in [0.5, 0.6) is 17.2 Å². The lowest BCUT2D eigenvalue weighted by molar-refractivity contribution is 0.0697. The Bertz CT molecular complexity index is 1370. The molecule has 0 unspecified atom stereocenters. The second-order valence-electron chi connectivity index (χ2n) is 6.99. The summed E-state index contributed by atoms with van der Waals surface area (Å²) in [4.78, 5) is 25.0. The third-order valence-corrected chi connectivity index (χ3v) is 5.25. The zero-order chi connectivity index (χ0) is 23.0. The van der Waals surface area contributed by atoms with Gasteiger partial charge in [0.25, 0.3) is 0 Å². The number of hydrogen-bond donors (Lipinski definition) is 3. The van der Waals surface area contributed by atoms with E-state index in [1.54, 1.807) is 38.1 Å². The number of fused-ring (bicyclic) bond motifs is 2. The molecule has 32 heavy (non-hydrogen) atoms. The minimum absolute atomic E-state index is 0.0292. The summed E-state index contributed by atoms with van der Waals surface area (Å²) in [6.45, 7) is 4.16. The Labute approximate surface area is 188 Å². The number of carbonyl (C=O) groups is 1. The molecule has 2 aromatic rings. The Balaban J connectivity index is 2.20. The molecule has 1 aliphatic carbocycles. The quantitative estimate of drug-likeness (QED) is 0.277. The summed E-state index contributed by atoms with van der Waals surface area (Å²) in [5, 5.41) is 20.7. The zero-order valence-electron chi connectivity index (χ0n) is 17.3. The molecule has 1 heterocycles. The van der Waals surface area contributed by atoms with Crippen molar-refractivity contribution >= 4 is 29.6 Å². The van der Waals surface area contributed by atoms with Gasteiger partial charge in [-0.25, -0.2) is 4.79 Å². The van der Waals surface area contributed by atoms with Gasteiger partial charge < -0.3 is 24.1 Å². The lowest BCUT2D eigenvalue weighted by atomic mass is 9.90. The second kappa shape index (κ2) is 8.47. The lowest BCUT2D eigenvalue weighted by Crippen LogP contribution is -2.09. The maximum Gasteiger partial charge on any atom is 0.336 e. The molecule has 0 fully saturated rings. The molecule has 0 atom stereocenters. The van der Waals surface area contributed by atoms with Crippen LogP contribution in [-0.2, 0) is 0 Å². The van der Waals surface area contributed by atoms with Crippen LogP contribution in [0.15, 0.2) is 56.6 Å². The first-order valence-corrected chi connectivity index (χ1v) is 10.4. The Morgan fingerprint density at radius 2 is 1.72 bits per heavy atom. The van der Waals surface area contributed by atoms with E-state index < -0.39 is 5.97 Å². The van der Waals surface area contributed by atoms with Crippen molar-refractivity contribution in [1.82, 2.24) is 0 Å². The highest BCUT2D eigenvalue weighted by atomic mass is 32.1. The summed E-state index contributed by atoms with van der Waals surface area (Å²) in [5.74, 6) is -0.680. The van der Waals surface area contributed by atoms with Gasteiger partial charge in [0.05, 0.1) is 18.8 Å². The number of phenolic OH excluding ortho intramolecular Hbond substituents is 1. The number of ether oxygens (including phenoxy) is 2. The van der Waals surface area contributed by atoms with Gasteiger partial charge >= 0.3 is 5.97 Å². The Morgan fingerprint density at radius 1 is 1.00 bits per heavy atom. The van der Waals surface area contributed by atoms with Crippen molar-refractivity contribution in [3.63, 3.8) is 0 Å². The molecule has 2 aromatic carbocycles. The fraction of sp³-hybridized carbons (Fsp3) is 0.167. The van der Waals surface area contributed by atoms with Gasteiger partial charge in [0, 0.05) is 33.5 Å². The smallest absolute Gasteiger partial charge is 0.336 e. The van der Waals surface area contributed by atoms with Crippen molar-refractivity contribution in [2.75, 3.05) is 13.2 Å². The van der Waals surface area contributed by atoms with Crippen LogP contribution in [0.4, 0.5) is 0 Å². The lowest BCUT2D eigenvalue weighted by Gasteiger charge is -2.19. The highest BCUT2D eigenvalue weighted by Crippen LogP contribution is 2.45. The third kappa shape index (κ3) is 3.73. The molecule has 2 N–H and O–H groups in total. The molecular formula is C24H20O7S. The number of hydrogen-bond acceptors (Lipinski definition) is 7. The van der Waals surface area contributed by atoms with Crippen LogP contribution in [0.2, 0.25) is 0 Å². The van der Waals surface area contributed by atoms with Crippen molar-refractivity contribution in [3.8, 4) is 39.7 Å². The molecule has 0 radical (unpaired) electrons. The summed E-state index contributed by atoms with van der Waals surface area (Å²) < 4.78 is 16.9. The van der Waals surface area contributed by atoms with Gasteiger partial charge in [-0.2, -0.15) is 0 Å². The molecule has 8 heteroatoms. The van der Waals surface area contributed by atoms with Crippen LogP contribution < -0.4 is 14.9 Å². The highest BCUT2D eigenvalue weighted by Gasteiger charge is 2.24. The number of phenols is 1. The van der Waals surface area contributed by atoms with E-state index >= 15 is 0 Å². The number of benzene rings is 3. The largest absolute Gasteiger partial charge is 0.504 e. The molecule has 0 spiro atoms. The molecule has 0 bridgehead atoms. The molecule has 4 rings (SSSR count). The monoisotopic (exact) mass is 452 g/mol. The van der Waals surface area contributed by atoms with Crippen molar-refractivity contribution in [1.29, 1.82) is 0 Å². The topological polar surface area (TPSA) is 106 Å². The van der Waals surface area contributed by atoms with E-state index in [9.17, 15) is 19.8 Å². The van der Waals surface area contributed by atoms with E-state index in [1.807, 2.05) is 0 Å². The molecule has 1 aliphatic heterocycles. The van der Waals surface area contributed by atoms with Gasteiger partial charge in [-0.15, -0.1) is 12.6 Å². The average molecular weight is 452 g/mol. The van der Waals surface area contributed by atoms with E-state index in [0.717, 1.165) is 0 Å². The van der Waals surface area contributed by atoms with Crippen molar-refractivity contribution in [3.05, 3.63) is 58.3 Å². The molecular weight excluding hydrogens is 432 g/mol. The third-order valence-electron chi connectivity index (χ3n) is 4.97. The van der Waals surface area contributed by atoms with Gasteiger partial charge in [0.2, 0.25) is 5.43 Å². The predicted molar refractivity (Wildman–Crippen MR) is 123 cm³/mol. The van der Waals surface area contributed by atoms with Crippen LogP contribution in [-0.4, -0.2) is 29.4 Å². The van der Waals surface area contributed by atoms with Gasteiger partial charge in [-0.1, -0.05) is 6.07 Å². The first-order chi connectivity index (χ1) is 15.3. The fourth-order valence-electron chi connectivity index (χ4n) is 3.67. The normalized spacial score (nSPS) is 11.1. The minimum Gasteiger partial charge on any atom is -0.504 e. The van der Waals surface area contributed by atoms with Gasteiger partial charge in [-0.3, -0.25) is 4.79 Å². The SMILES string of the molecule is CCOc1cc2c(-c3ccc(S)cc3C(=O)O)c3cc(OCC)c(=O)cc-3oc2cc1O. The average Bonchev–Trinajstić information content (AvgIpc) is 2.74. The first-order valence-electron chi connectivity index (χ1n) is 9.93. The summed E-state index contributed by atoms with van der Waals surface area (Å²) in [5.41, 5.74) is 1.32.